The Morgan fingerprint density at radius 2 is 1.94 bits per heavy atom. The van der Waals surface area contributed by atoms with Gasteiger partial charge in [0.05, 0.1) is 10.7 Å². The first-order chi connectivity index (χ1) is 8.40. The molecule has 0 radical (unpaired) electrons. The van der Waals surface area contributed by atoms with E-state index in [1.807, 2.05) is 0 Å². The Balaban J connectivity index is 2.39. The highest BCUT2D eigenvalue weighted by molar-refractivity contribution is 9.09. The topological polar surface area (TPSA) is 77.3 Å². The molecule has 0 saturated heterocycles. The Bertz CT molecular complexity index is 580. The van der Waals surface area contributed by atoms with Crippen molar-refractivity contribution in [3.63, 3.8) is 0 Å². The molecule has 0 aliphatic heterocycles. The van der Waals surface area contributed by atoms with E-state index in [4.69, 9.17) is 0 Å². The molecule has 1 saturated carbocycles. The van der Waals surface area contributed by atoms with E-state index < -0.39 is 14.8 Å². The minimum atomic E-state index is -3.61. The van der Waals surface area contributed by atoms with Gasteiger partial charge in [0.1, 0.15) is 4.90 Å². The molecule has 0 spiro atoms. The van der Waals surface area contributed by atoms with Crippen LogP contribution < -0.4 is 0 Å². The van der Waals surface area contributed by atoms with Crippen LogP contribution in [0.15, 0.2) is 29.2 Å². The van der Waals surface area contributed by atoms with Gasteiger partial charge in [-0.2, -0.15) is 0 Å². The van der Waals surface area contributed by atoms with E-state index in [2.05, 4.69) is 15.9 Å². The molecule has 0 N–H and O–H groups in total. The summed E-state index contributed by atoms with van der Waals surface area (Å²) in [6.45, 7) is 0. The molecule has 2 rings (SSSR count). The highest BCUT2D eigenvalue weighted by Gasteiger charge is 2.46. The zero-order chi connectivity index (χ0) is 13.4. The van der Waals surface area contributed by atoms with E-state index in [0.29, 0.717) is 5.33 Å². The average molecular weight is 334 g/mol. The number of hydrogen-bond donors (Lipinski definition) is 0. The Labute approximate surface area is 113 Å². The number of halogens is 1. The van der Waals surface area contributed by atoms with Crippen LogP contribution in [0.5, 0.6) is 0 Å². The lowest BCUT2D eigenvalue weighted by atomic mass is 10.2. The highest BCUT2D eigenvalue weighted by atomic mass is 79.9. The predicted molar refractivity (Wildman–Crippen MR) is 70.6 cm³/mol. The van der Waals surface area contributed by atoms with E-state index >= 15 is 0 Å². The molecule has 1 fully saturated rings. The SMILES string of the molecule is O=[N+]([O-])c1ccccc1S(=O)(=O)CC1(CBr)CC1. The summed E-state index contributed by atoms with van der Waals surface area (Å²) in [5.74, 6) is -0.0316. The normalized spacial score (nSPS) is 17.4. The highest BCUT2D eigenvalue weighted by Crippen LogP contribution is 2.49. The van der Waals surface area contributed by atoms with Crippen LogP contribution in [0.2, 0.25) is 0 Å². The summed E-state index contributed by atoms with van der Waals surface area (Å²) in [6.07, 6.45) is 1.69. The van der Waals surface area contributed by atoms with E-state index in [1.54, 1.807) is 0 Å². The van der Waals surface area contributed by atoms with Crippen LogP contribution in [0.25, 0.3) is 0 Å². The molecule has 0 bridgehead atoms. The summed E-state index contributed by atoms with van der Waals surface area (Å²) in [5, 5.41) is 11.5. The molecule has 0 amide bonds. The summed E-state index contributed by atoms with van der Waals surface area (Å²) in [5.41, 5.74) is -0.578. The molecule has 0 unspecified atom stereocenters. The van der Waals surface area contributed by atoms with Crippen molar-refractivity contribution in [3.05, 3.63) is 34.4 Å². The van der Waals surface area contributed by atoms with Crippen molar-refractivity contribution >= 4 is 31.5 Å². The van der Waals surface area contributed by atoms with Crippen molar-refractivity contribution in [2.24, 2.45) is 5.41 Å². The number of nitrogens with zero attached hydrogens (tertiary/aromatic N) is 1. The Morgan fingerprint density at radius 1 is 1.33 bits per heavy atom. The van der Waals surface area contributed by atoms with Crippen molar-refractivity contribution < 1.29 is 13.3 Å². The Morgan fingerprint density at radius 3 is 2.44 bits per heavy atom. The van der Waals surface area contributed by atoms with E-state index in [9.17, 15) is 18.5 Å². The average Bonchev–Trinajstić information content (AvgIpc) is 3.09. The maximum Gasteiger partial charge on any atom is 0.287 e. The number of benzene rings is 1. The maximum absolute atomic E-state index is 12.2. The molecule has 1 aliphatic rings. The van der Waals surface area contributed by atoms with Gasteiger partial charge in [0.25, 0.3) is 5.69 Å². The minimum Gasteiger partial charge on any atom is -0.258 e. The maximum atomic E-state index is 12.2. The van der Waals surface area contributed by atoms with Gasteiger partial charge in [-0.3, -0.25) is 10.1 Å². The monoisotopic (exact) mass is 333 g/mol. The predicted octanol–water partition coefficient (Wildman–Crippen LogP) is 2.54. The number of nitro groups is 1. The van der Waals surface area contributed by atoms with Crippen molar-refractivity contribution in [3.8, 4) is 0 Å². The lowest BCUT2D eigenvalue weighted by molar-refractivity contribution is -0.387. The van der Waals surface area contributed by atoms with Crippen LogP contribution in [-0.4, -0.2) is 24.4 Å². The van der Waals surface area contributed by atoms with E-state index in [0.717, 1.165) is 12.8 Å². The van der Waals surface area contributed by atoms with Gasteiger partial charge < -0.3 is 0 Å². The minimum absolute atomic E-state index is 0.0316. The Kier molecular flexibility index (Phi) is 3.46. The first kappa shape index (κ1) is 13.5. The number of para-hydroxylation sites is 1. The molecule has 98 valence electrons. The molecule has 0 aromatic heterocycles. The largest absolute Gasteiger partial charge is 0.287 e. The van der Waals surface area contributed by atoms with E-state index in [1.165, 1.54) is 24.3 Å². The van der Waals surface area contributed by atoms with Gasteiger partial charge in [-0.15, -0.1) is 0 Å². The van der Waals surface area contributed by atoms with Gasteiger partial charge in [0.15, 0.2) is 9.84 Å². The zero-order valence-corrected chi connectivity index (χ0v) is 11.9. The van der Waals surface area contributed by atoms with Crippen LogP contribution in [0.3, 0.4) is 0 Å². The second-order valence-electron chi connectivity index (χ2n) is 4.62. The second kappa shape index (κ2) is 4.62. The standard InChI is InChI=1S/C11H12BrNO4S/c12-7-11(5-6-11)8-18(16,17)10-4-2-1-3-9(10)13(14)15/h1-4H,5-8H2. The quantitative estimate of drug-likeness (QED) is 0.471. The number of nitro benzene ring substituents is 1. The molecular weight excluding hydrogens is 322 g/mol. The van der Waals surface area contributed by atoms with Gasteiger partial charge >= 0.3 is 0 Å². The van der Waals surface area contributed by atoms with Crippen LogP contribution >= 0.6 is 15.9 Å². The van der Waals surface area contributed by atoms with Crippen LogP contribution in [0, 0.1) is 15.5 Å². The van der Waals surface area contributed by atoms with Gasteiger partial charge in [0.2, 0.25) is 0 Å². The fourth-order valence-corrected chi connectivity index (χ4v) is 4.97. The van der Waals surface area contributed by atoms with Gasteiger partial charge in [-0.25, -0.2) is 8.42 Å². The molecule has 5 nitrogen and oxygen atoms in total. The number of hydrogen-bond acceptors (Lipinski definition) is 4. The number of rotatable bonds is 5. The smallest absolute Gasteiger partial charge is 0.258 e. The fraction of sp³-hybridized carbons (Fsp3) is 0.455. The molecule has 18 heavy (non-hydrogen) atoms. The lowest BCUT2D eigenvalue weighted by Crippen LogP contribution is -2.19. The number of alkyl halides is 1. The number of sulfone groups is 1. The van der Waals surface area contributed by atoms with Gasteiger partial charge in [0, 0.05) is 11.4 Å². The summed E-state index contributed by atoms with van der Waals surface area (Å²) in [6, 6.07) is 5.50. The summed E-state index contributed by atoms with van der Waals surface area (Å²) in [7, 11) is -3.61. The summed E-state index contributed by atoms with van der Waals surface area (Å²) < 4.78 is 24.5. The first-order valence-corrected chi connectivity index (χ1v) is 8.20. The van der Waals surface area contributed by atoms with Gasteiger partial charge in [-0.05, 0) is 24.3 Å². The van der Waals surface area contributed by atoms with Crippen molar-refractivity contribution in [2.75, 3.05) is 11.1 Å². The van der Waals surface area contributed by atoms with Crippen LogP contribution in [0.4, 0.5) is 5.69 Å². The van der Waals surface area contributed by atoms with Crippen molar-refractivity contribution in [1.29, 1.82) is 0 Å². The molecule has 1 aromatic carbocycles. The van der Waals surface area contributed by atoms with Crippen LogP contribution in [0.1, 0.15) is 12.8 Å². The lowest BCUT2D eigenvalue weighted by Gasteiger charge is -2.11. The Hall–Kier alpha value is -0.950. The van der Waals surface area contributed by atoms with Crippen molar-refractivity contribution in [1.82, 2.24) is 0 Å². The summed E-state index contributed by atoms with van der Waals surface area (Å²) in [4.78, 5) is 10.0. The third kappa shape index (κ3) is 2.56. The fourth-order valence-electron chi connectivity index (χ4n) is 1.85. The third-order valence-corrected chi connectivity index (χ3v) is 6.33. The molecule has 0 atom stereocenters. The van der Waals surface area contributed by atoms with Crippen molar-refractivity contribution in [2.45, 2.75) is 17.7 Å². The second-order valence-corrected chi connectivity index (χ2v) is 7.14. The molecule has 1 aliphatic carbocycles. The third-order valence-electron chi connectivity index (χ3n) is 3.13. The molecule has 0 heterocycles. The van der Waals surface area contributed by atoms with E-state index in [-0.39, 0.29) is 21.8 Å². The summed E-state index contributed by atoms with van der Waals surface area (Å²) >= 11 is 3.31. The molecular formula is C11H12BrNO4S. The first-order valence-electron chi connectivity index (χ1n) is 5.42. The molecule has 1 aromatic rings. The zero-order valence-electron chi connectivity index (χ0n) is 9.50. The van der Waals surface area contributed by atoms with Crippen LogP contribution in [-0.2, 0) is 9.84 Å². The molecule has 7 heteroatoms. The van der Waals surface area contributed by atoms with Gasteiger partial charge in [-0.1, -0.05) is 28.1 Å².